The molecule has 0 amide bonds. The number of aromatic nitrogens is 4. The SMILES string of the molecule is Cc1c(C(CC(=O)O)c2cc(CO)c3sccc3c2)cnc2c1nnn2C. The standard InChI is InChI=1S/C19H18N4O3S/c1-10-15(8-20-19-17(10)21-22-23(19)2)14(7-16(25)26)12-5-11-3-4-27-18(11)13(6-12)9-24/h3-6,8,14,24H,7,9H2,1-2H3,(H,25,26). The number of fused-ring (bicyclic) bond motifs is 2. The van der Waals surface area contributed by atoms with Crippen LogP contribution in [0.5, 0.6) is 0 Å². The van der Waals surface area contributed by atoms with Gasteiger partial charge in [0.25, 0.3) is 0 Å². The molecule has 0 bridgehead atoms. The molecule has 3 heterocycles. The largest absolute Gasteiger partial charge is 0.481 e. The molecule has 0 spiro atoms. The topological polar surface area (TPSA) is 101 Å². The van der Waals surface area contributed by atoms with Gasteiger partial charge in [-0.25, -0.2) is 9.67 Å². The predicted octanol–water partition coefficient (Wildman–Crippen LogP) is 2.99. The Bertz CT molecular complexity index is 1160. The van der Waals surface area contributed by atoms with Crippen molar-refractivity contribution in [3.63, 3.8) is 0 Å². The molecule has 0 saturated heterocycles. The van der Waals surface area contributed by atoms with Gasteiger partial charge in [0.05, 0.1) is 13.0 Å². The zero-order chi connectivity index (χ0) is 19.1. The third kappa shape index (κ3) is 2.96. The Morgan fingerprint density at radius 2 is 2.19 bits per heavy atom. The molecule has 3 aromatic heterocycles. The van der Waals surface area contributed by atoms with Crippen molar-refractivity contribution in [1.29, 1.82) is 0 Å². The number of rotatable bonds is 5. The van der Waals surface area contributed by atoms with E-state index in [9.17, 15) is 15.0 Å². The number of benzene rings is 1. The Kier molecular flexibility index (Phi) is 4.37. The van der Waals surface area contributed by atoms with E-state index in [4.69, 9.17) is 0 Å². The van der Waals surface area contributed by atoms with Crippen LogP contribution in [-0.4, -0.2) is 36.2 Å². The van der Waals surface area contributed by atoms with Crippen LogP contribution in [0.1, 0.15) is 34.6 Å². The van der Waals surface area contributed by atoms with Crippen molar-refractivity contribution in [1.82, 2.24) is 20.0 Å². The molecule has 2 N–H and O–H groups in total. The number of aliphatic hydroxyl groups excluding tert-OH is 1. The first-order valence-corrected chi connectivity index (χ1v) is 9.35. The normalized spacial score (nSPS) is 12.7. The first kappa shape index (κ1) is 17.6. The van der Waals surface area contributed by atoms with Gasteiger partial charge >= 0.3 is 5.97 Å². The fourth-order valence-electron chi connectivity index (χ4n) is 3.54. The smallest absolute Gasteiger partial charge is 0.304 e. The van der Waals surface area contributed by atoms with Gasteiger partial charge in [0.1, 0.15) is 5.52 Å². The van der Waals surface area contributed by atoms with Crippen LogP contribution in [0.3, 0.4) is 0 Å². The lowest BCUT2D eigenvalue weighted by Gasteiger charge is -2.19. The highest BCUT2D eigenvalue weighted by Crippen LogP contribution is 2.36. The number of thiophene rings is 1. The van der Waals surface area contributed by atoms with Crippen molar-refractivity contribution in [3.8, 4) is 0 Å². The highest BCUT2D eigenvalue weighted by atomic mass is 32.1. The molecule has 138 valence electrons. The van der Waals surface area contributed by atoms with Crippen molar-refractivity contribution in [2.75, 3.05) is 0 Å². The Hall–Kier alpha value is -2.84. The summed E-state index contributed by atoms with van der Waals surface area (Å²) in [6.45, 7) is 1.82. The molecule has 0 aliphatic rings. The van der Waals surface area contributed by atoms with Crippen LogP contribution in [0, 0.1) is 6.92 Å². The number of aliphatic hydroxyl groups is 1. The third-order valence-corrected chi connectivity index (χ3v) is 5.89. The highest BCUT2D eigenvalue weighted by molar-refractivity contribution is 7.17. The van der Waals surface area contributed by atoms with Gasteiger partial charge in [-0.3, -0.25) is 4.79 Å². The van der Waals surface area contributed by atoms with E-state index in [2.05, 4.69) is 15.3 Å². The van der Waals surface area contributed by atoms with E-state index in [0.29, 0.717) is 11.2 Å². The first-order valence-electron chi connectivity index (χ1n) is 8.47. The van der Waals surface area contributed by atoms with Gasteiger partial charge in [-0.05, 0) is 52.1 Å². The van der Waals surface area contributed by atoms with Gasteiger partial charge in [-0.15, -0.1) is 16.4 Å². The minimum Gasteiger partial charge on any atom is -0.481 e. The van der Waals surface area contributed by atoms with Crippen LogP contribution in [0.15, 0.2) is 29.8 Å². The minimum absolute atomic E-state index is 0.0746. The maximum atomic E-state index is 11.6. The lowest BCUT2D eigenvalue weighted by atomic mass is 9.85. The zero-order valence-electron chi connectivity index (χ0n) is 14.9. The molecule has 8 heteroatoms. The monoisotopic (exact) mass is 382 g/mol. The Morgan fingerprint density at radius 3 is 2.93 bits per heavy atom. The summed E-state index contributed by atoms with van der Waals surface area (Å²) >= 11 is 1.57. The molecular weight excluding hydrogens is 364 g/mol. The molecular formula is C19H18N4O3S. The molecule has 0 aliphatic heterocycles. The molecule has 4 rings (SSSR count). The molecule has 7 nitrogen and oxygen atoms in total. The van der Waals surface area contributed by atoms with Crippen LogP contribution in [-0.2, 0) is 18.4 Å². The van der Waals surface area contributed by atoms with Crippen LogP contribution in [0.4, 0.5) is 0 Å². The van der Waals surface area contributed by atoms with E-state index in [1.54, 1.807) is 29.3 Å². The summed E-state index contributed by atoms with van der Waals surface area (Å²) in [7, 11) is 1.77. The maximum absolute atomic E-state index is 11.6. The van der Waals surface area contributed by atoms with Gasteiger partial charge in [0.15, 0.2) is 5.65 Å². The highest BCUT2D eigenvalue weighted by Gasteiger charge is 2.24. The molecule has 1 atom stereocenters. The van der Waals surface area contributed by atoms with Gasteiger partial charge in [-0.1, -0.05) is 11.3 Å². The quantitative estimate of drug-likeness (QED) is 0.550. The number of carboxylic acid groups (broad SMARTS) is 1. The van der Waals surface area contributed by atoms with Crippen molar-refractivity contribution < 1.29 is 15.0 Å². The number of nitrogens with zero attached hydrogens (tertiary/aromatic N) is 4. The minimum atomic E-state index is -0.894. The van der Waals surface area contributed by atoms with Crippen molar-refractivity contribution in [2.45, 2.75) is 25.9 Å². The fourth-order valence-corrected chi connectivity index (χ4v) is 4.43. The third-order valence-electron chi connectivity index (χ3n) is 4.89. The number of aryl methyl sites for hydroxylation is 2. The summed E-state index contributed by atoms with van der Waals surface area (Å²) < 4.78 is 2.62. The Morgan fingerprint density at radius 1 is 1.37 bits per heavy atom. The summed E-state index contributed by atoms with van der Waals surface area (Å²) in [5.41, 5.74) is 4.66. The second-order valence-electron chi connectivity index (χ2n) is 6.55. The summed E-state index contributed by atoms with van der Waals surface area (Å²) in [5.74, 6) is -1.29. The van der Waals surface area contributed by atoms with Crippen LogP contribution in [0.25, 0.3) is 21.3 Å². The van der Waals surface area contributed by atoms with E-state index < -0.39 is 11.9 Å². The molecule has 1 aromatic carbocycles. The molecule has 0 saturated carbocycles. The number of aliphatic carboxylic acids is 1. The molecule has 0 fully saturated rings. The first-order chi connectivity index (χ1) is 13.0. The molecule has 1 unspecified atom stereocenters. The fraction of sp³-hybridized carbons (Fsp3) is 0.263. The van der Waals surface area contributed by atoms with Crippen molar-refractivity contribution in [2.24, 2.45) is 7.05 Å². The number of carbonyl (C=O) groups is 1. The number of hydrogen-bond acceptors (Lipinski definition) is 6. The van der Waals surface area contributed by atoms with Crippen LogP contribution >= 0.6 is 11.3 Å². The number of pyridine rings is 1. The van der Waals surface area contributed by atoms with Gasteiger partial charge in [-0.2, -0.15) is 0 Å². The van der Waals surface area contributed by atoms with E-state index in [0.717, 1.165) is 32.3 Å². The van der Waals surface area contributed by atoms with Crippen molar-refractivity contribution in [3.05, 3.63) is 52.0 Å². The summed E-state index contributed by atoms with van der Waals surface area (Å²) in [6.07, 6.45) is 1.64. The average Bonchev–Trinajstić information content (AvgIpc) is 3.26. The number of hydrogen-bond donors (Lipinski definition) is 2. The predicted molar refractivity (Wildman–Crippen MR) is 103 cm³/mol. The van der Waals surface area contributed by atoms with Crippen LogP contribution in [0.2, 0.25) is 0 Å². The van der Waals surface area contributed by atoms with Gasteiger partial charge in [0.2, 0.25) is 0 Å². The van der Waals surface area contributed by atoms with Crippen molar-refractivity contribution >= 4 is 38.6 Å². The van der Waals surface area contributed by atoms with E-state index in [-0.39, 0.29) is 13.0 Å². The zero-order valence-corrected chi connectivity index (χ0v) is 15.7. The van der Waals surface area contributed by atoms with Gasteiger partial charge < -0.3 is 10.2 Å². The summed E-state index contributed by atoms with van der Waals surface area (Å²) in [6, 6.07) is 5.88. The summed E-state index contributed by atoms with van der Waals surface area (Å²) in [5, 5.41) is 30.4. The van der Waals surface area contributed by atoms with Gasteiger partial charge in [0, 0.05) is 23.9 Å². The second kappa shape index (κ2) is 6.71. The molecule has 4 aromatic rings. The second-order valence-corrected chi connectivity index (χ2v) is 7.47. The Balaban J connectivity index is 1.92. The van der Waals surface area contributed by atoms with E-state index in [1.807, 2.05) is 30.5 Å². The van der Waals surface area contributed by atoms with Crippen LogP contribution < -0.4 is 0 Å². The number of carboxylic acids is 1. The lowest BCUT2D eigenvalue weighted by molar-refractivity contribution is -0.137. The molecule has 0 aliphatic carbocycles. The van der Waals surface area contributed by atoms with E-state index >= 15 is 0 Å². The average molecular weight is 382 g/mol. The molecule has 27 heavy (non-hydrogen) atoms. The van der Waals surface area contributed by atoms with E-state index in [1.165, 1.54) is 0 Å². The summed E-state index contributed by atoms with van der Waals surface area (Å²) in [4.78, 5) is 16.1. The lowest BCUT2D eigenvalue weighted by Crippen LogP contribution is -2.11. The molecule has 0 radical (unpaired) electrons. The maximum Gasteiger partial charge on any atom is 0.304 e. The Labute approximate surface area is 158 Å².